The maximum atomic E-state index is 12.0. The monoisotopic (exact) mass is 362 g/mol. The number of amides is 1. The third-order valence-corrected chi connectivity index (χ3v) is 5.07. The Bertz CT molecular complexity index is 850. The molecule has 1 amide bonds. The maximum absolute atomic E-state index is 12.0. The minimum Gasteiger partial charge on any atom is -0.325 e. The summed E-state index contributed by atoms with van der Waals surface area (Å²) in [5.41, 5.74) is 1.06. The van der Waals surface area contributed by atoms with E-state index in [9.17, 15) is 23.3 Å². The van der Waals surface area contributed by atoms with E-state index in [0.29, 0.717) is 12.8 Å². The van der Waals surface area contributed by atoms with Gasteiger partial charge in [-0.1, -0.05) is 36.4 Å². The van der Waals surface area contributed by atoms with E-state index in [1.54, 1.807) is 0 Å². The van der Waals surface area contributed by atoms with Crippen LogP contribution in [0, 0.1) is 10.1 Å². The third kappa shape index (κ3) is 6.34. The molecule has 0 unspecified atom stereocenters. The van der Waals surface area contributed by atoms with Crippen molar-refractivity contribution in [2.45, 2.75) is 12.8 Å². The molecule has 0 bridgehead atoms. The van der Waals surface area contributed by atoms with E-state index in [4.69, 9.17) is 0 Å². The Labute approximate surface area is 145 Å². The van der Waals surface area contributed by atoms with Crippen molar-refractivity contribution in [3.8, 4) is 0 Å². The van der Waals surface area contributed by atoms with E-state index in [1.807, 2.05) is 30.3 Å². The molecule has 1 N–H and O–H groups in total. The first-order valence-corrected chi connectivity index (χ1v) is 9.46. The van der Waals surface area contributed by atoms with Crippen molar-refractivity contribution >= 4 is 27.1 Å². The van der Waals surface area contributed by atoms with E-state index in [1.165, 1.54) is 24.3 Å². The molecule has 0 radical (unpaired) electrons. The molecule has 0 aromatic heterocycles. The fourth-order valence-electron chi connectivity index (χ4n) is 2.31. The number of hydrogen-bond acceptors (Lipinski definition) is 5. The first kappa shape index (κ1) is 18.6. The van der Waals surface area contributed by atoms with Crippen molar-refractivity contribution in [1.82, 2.24) is 0 Å². The smallest absolute Gasteiger partial charge is 0.271 e. The SMILES string of the molecule is O=C(CS(=O)(=O)CCCc1ccccc1)Nc1cccc([N+](=O)[O-])c1. The van der Waals surface area contributed by atoms with E-state index in [2.05, 4.69) is 5.32 Å². The summed E-state index contributed by atoms with van der Waals surface area (Å²) in [7, 11) is -3.54. The fourth-order valence-corrected chi connectivity index (χ4v) is 3.51. The average molecular weight is 362 g/mol. The number of carbonyl (C=O) groups excluding carboxylic acids is 1. The van der Waals surface area contributed by atoms with Gasteiger partial charge >= 0.3 is 0 Å². The number of carbonyl (C=O) groups is 1. The Balaban J connectivity index is 1.86. The van der Waals surface area contributed by atoms with Crippen molar-refractivity contribution in [3.63, 3.8) is 0 Å². The van der Waals surface area contributed by atoms with Gasteiger partial charge in [0.2, 0.25) is 5.91 Å². The van der Waals surface area contributed by atoms with Gasteiger partial charge in [-0.05, 0) is 24.5 Å². The Hall–Kier alpha value is -2.74. The second-order valence-corrected chi connectivity index (χ2v) is 7.72. The zero-order chi connectivity index (χ0) is 18.3. The summed E-state index contributed by atoms with van der Waals surface area (Å²) in [5.74, 6) is -1.45. The van der Waals surface area contributed by atoms with Crippen LogP contribution in [0.15, 0.2) is 54.6 Å². The normalized spacial score (nSPS) is 11.0. The van der Waals surface area contributed by atoms with Gasteiger partial charge in [0.1, 0.15) is 5.75 Å². The van der Waals surface area contributed by atoms with Crippen LogP contribution in [0.25, 0.3) is 0 Å². The van der Waals surface area contributed by atoms with Gasteiger partial charge in [0.25, 0.3) is 5.69 Å². The lowest BCUT2D eigenvalue weighted by atomic mass is 10.1. The van der Waals surface area contributed by atoms with Gasteiger partial charge in [-0.2, -0.15) is 0 Å². The van der Waals surface area contributed by atoms with Crippen LogP contribution in [0.2, 0.25) is 0 Å². The van der Waals surface area contributed by atoms with Gasteiger partial charge in [-0.25, -0.2) is 8.42 Å². The van der Waals surface area contributed by atoms with Crippen LogP contribution in [0.3, 0.4) is 0 Å². The van der Waals surface area contributed by atoms with E-state index in [-0.39, 0.29) is 17.1 Å². The molecule has 0 aliphatic rings. The summed E-state index contributed by atoms with van der Waals surface area (Å²) in [6.45, 7) is 0. The summed E-state index contributed by atoms with van der Waals surface area (Å²) in [5, 5.41) is 13.1. The molecule has 0 aliphatic carbocycles. The Morgan fingerprint density at radius 1 is 1.08 bits per heavy atom. The number of aryl methyl sites for hydroxylation is 1. The molecule has 0 spiro atoms. The molecule has 2 rings (SSSR count). The zero-order valence-electron chi connectivity index (χ0n) is 13.4. The molecule has 7 nitrogen and oxygen atoms in total. The number of nitrogens with zero attached hydrogens (tertiary/aromatic N) is 1. The summed E-state index contributed by atoms with van der Waals surface area (Å²) in [4.78, 5) is 22.0. The largest absolute Gasteiger partial charge is 0.325 e. The van der Waals surface area contributed by atoms with Crippen LogP contribution in [-0.2, 0) is 21.1 Å². The zero-order valence-corrected chi connectivity index (χ0v) is 14.2. The van der Waals surface area contributed by atoms with E-state index in [0.717, 1.165) is 5.56 Å². The van der Waals surface area contributed by atoms with Gasteiger partial charge < -0.3 is 5.32 Å². The number of benzene rings is 2. The number of nitrogens with one attached hydrogen (secondary N) is 1. The number of nitro benzene ring substituents is 1. The minimum absolute atomic E-state index is 0.0930. The molecule has 8 heteroatoms. The molecule has 25 heavy (non-hydrogen) atoms. The maximum Gasteiger partial charge on any atom is 0.271 e. The lowest BCUT2D eigenvalue weighted by Gasteiger charge is -2.07. The van der Waals surface area contributed by atoms with Crippen LogP contribution in [0.5, 0.6) is 0 Å². The van der Waals surface area contributed by atoms with Gasteiger partial charge in [-0.3, -0.25) is 14.9 Å². The van der Waals surface area contributed by atoms with Gasteiger partial charge in [-0.15, -0.1) is 0 Å². The molecule has 0 heterocycles. The summed E-state index contributed by atoms with van der Waals surface area (Å²) in [6.07, 6.45) is 1.04. The molecule has 0 saturated carbocycles. The molecule has 0 fully saturated rings. The van der Waals surface area contributed by atoms with Gasteiger partial charge in [0.05, 0.1) is 10.7 Å². The predicted molar refractivity (Wildman–Crippen MR) is 95.1 cm³/mol. The lowest BCUT2D eigenvalue weighted by Crippen LogP contribution is -2.25. The highest BCUT2D eigenvalue weighted by Gasteiger charge is 2.17. The Kier molecular flexibility index (Phi) is 6.24. The summed E-state index contributed by atoms with van der Waals surface area (Å²) < 4.78 is 24.1. The van der Waals surface area contributed by atoms with Gasteiger partial charge in [0.15, 0.2) is 9.84 Å². The van der Waals surface area contributed by atoms with Crippen LogP contribution < -0.4 is 5.32 Å². The topological polar surface area (TPSA) is 106 Å². The number of anilines is 1. The second kappa shape index (κ2) is 8.39. The molecule has 2 aromatic rings. The number of nitro groups is 1. The average Bonchev–Trinajstić information content (AvgIpc) is 2.55. The number of sulfone groups is 1. The van der Waals surface area contributed by atoms with Crippen molar-refractivity contribution < 1.29 is 18.1 Å². The number of hydrogen-bond donors (Lipinski definition) is 1. The second-order valence-electron chi connectivity index (χ2n) is 5.54. The molecule has 132 valence electrons. The van der Waals surface area contributed by atoms with Crippen molar-refractivity contribution in [1.29, 1.82) is 0 Å². The van der Waals surface area contributed by atoms with Crippen LogP contribution in [0.1, 0.15) is 12.0 Å². The number of rotatable bonds is 8. The van der Waals surface area contributed by atoms with Crippen molar-refractivity contribution in [2.75, 3.05) is 16.8 Å². The molecule has 0 aliphatic heterocycles. The lowest BCUT2D eigenvalue weighted by molar-refractivity contribution is -0.384. The highest BCUT2D eigenvalue weighted by molar-refractivity contribution is 7.92. The minimum atomic E-state index is -3.54. The highest BCUT2D eigenvalue weighted by Crippen LogP contribution is 2.17. The number of non-ortho nitro benzene ring substituents is 1. The highest BCUT2D eigenvalue weighted by atomic mass is 32.2. The Morgan fingerprint density at radius 2 is 1.80 bits per heavy atom. The van der Waals surface area contributed by atoms with Crippen molar-refractivity contribution in [2.24, 2.45) is 0 Å². The van der Waals surface area contributed by atoms with E-state index < -0.39 is 26.4 Å². The summed E-state index contributed by atoms with van der Waals surface area (Å²) in [6, 6.07) is 14.8. The van der Waals surface area contributed by atoms with Crippen LogP contribution in [0.4, 0.5) is 11.4 Å². The molecular formula is C17H18N2O5S. The van der Waals surface area contributed by atoms with Crippen molar-refractivity contribution in [3.05, 3.63) is 70.3 Å². The van der Waals surface area contributed by atoms with Crippen LogP contribution >= 0.6 is 0 Å². The molecule has 2 aromatic carbocycles. The van der Waals surface area contributed by atoms with Crippen LogP contribution in [-0.4, -0.2) is 30.8 Å². The molecule has 0 atom stereocenters. The standard InChI is InChI=1S/C17H18N2O5S/c20-17(18-15-9-4-10-16(12-15)19(21)22)13-25(23,24)11-5-8-14-6-2-1-3-7-14/h1-4,6-7,9-10,12H,5,8,11,13H2,(H,18,20). The summed E-state index contributed by atoms with van der Waals surface area (Å²) >= 11 is 0. The quantitative estimate of drug-likeness (QED) is 0.574. The van der Waals surface area contributed by atoms with Gasteiger partial charge in [0, 0.05) is 17.8 Å². The molecular weight excluding hydrogens is 344 g/mol. The third-order valence-electron chi connectivity index (χ3n) is 3.46. The van der Waals surface area contributed by atoms with E-state index >= 15 is 0 Å². The molecule has 0 saturated heterocycles. The predicted octanol–water partition coefficient (Wildman–Crippen LogP) is 2.58. The first-order chi connectivity index (χ1) is 11.9. The Morgan fingerprint density at radius 3 is 2.48 bits per heavy atom. The first-order valence-electron chi connectivity index (χ1n) is 7.64. The fraction of sp³-hybridized carbons (Fsp3) is 0.235.